The smallest absolute Gasteiger partial charge is 0.475 e. The highest BCUT2D eigenvalue weighted by Crippen LogP contribution is 2.29. The van der Waals surface area contributed by atoms with Gasteiger partial charge in [-0.2, -0.15) is 13.2 Å². The standard InChI is InChI=1S/C32H47N5O5S.C2HF3O2/c1-21(2)29(37-30(38)23(4)33-5)32(40)36-28(31(39)35-27-15-10-12-24-11-6-7-13-26(24)27)14-8-9-20-34-43(41,42)25-18-16-22(3)17-19-25;3-2(4,5)1(6)7/h6-7,11,13,16-19,21,23,27-29,33-34H,8-10,12,14-15,20H2,1-5H3,(H,35,39)(H,36,40)(H,37,38);(H,6,7). The Kier molecular flexibility index (Phi) is 16.3. The van der Waals surface area contributed by atoms with Gasteiger partial charge < -0.3 is 26.4 Å². The summed E-state index contributed by atoms with van der Waals surface area (Å²) in [4.78, 5) is 48.7. The highest BCUT2D eigenvalue weighted by Gasteiger charge is 2.38. The summed E-state index contributed by atoms with van der Waals surface area (Å²) in [6.07, 6.45) is -1.10. The van der Waals surface area contributed by atoms with E-state index in [-0.39, 0.29) is 35.2 Å². The van der Waals surface area contributed by atoms with Crippen LogP contribution in [0.25, 0.3) is 0 Å². The number of unbranched alkanes of at least 4 members (excludes halogenated alkanes) is 1. The van der Waals surface area contributed by atoms with E-state index in [1.54, 1.807) is 38.2 Å². The van der Waals surface area contributed by atoms with E-state index in [9.17, 15) is 36.0 Å². The number of fused-ring (bicyclic) bond motifs is 1. The quantitative estimate of drug-likeness (QED) is 0.151. The number of benzene rings is 2. The lowest BCUT2D eigenvalue weighted by molar-refractivity contribution is -0.192. The Morgan fingerprint density at radius 1 is 0.920 bits per heavy atom. The molecule has 16 heteroatoms. The highest BCUT2D eigenvalue weighted by molar-refractivity contribution is 7.89. The van der Waals surface area contributed by atoms with Gasteiger partial charge in [0.25, 0.3) is 0 Å². The number of nitrogens with one attached hydrogen (secondary N) is 5. The number of aliphatic carboxylic acids is 1. The van der Waals surface area contributed by atoms with Crippen LogP contribution in [-0.4, -0.2) is 75.1 Å². The molecule has 0 saturated carbocycles. The minimum absolute atomic E-state index is 0.157. The molecule has 0 radical (unpaired) electrons. The number of carbonyl (C=O) groups is 4. The van der Waals surface area contributed by atoms with E-state index >= 15 is 0 Å². The number of carbonyl (C=O) groups excluding carboxylic acids is 3. The van der Waals surface area contributed by atoms with Gasteiger partial charge in [-0.05, 0) is 88.6 Å². The molecule has 1 aliphatic rings. The average molecular weight is 728 g/mol. The molecule has 2 aromatic carbocycles. The van der Waals surface area contributed by atoms with Crippen LogP contribution in [0, 0.1) is 12.8 Å². The number of hydrogen-bond acceptors (Lipinski definition) is 7. The number of halogens is 3. The molecule has 50 heavy (non-hydrogen) atoms. The predicted octanol–water partition coefficient (Wildman–Crippen LogP) is 3.50. The fourth-order valence-corrected chi connectivity index (χ4v) is 6.21. The molecule has 12 nitrogen and oxygen atoms in total. The third kappa shape index (κ3) is 13.4. The molecule has 4 atom stereocenters. The van der Waals surface area contributed by atoms with Crippen LogP contribution in [0.3, 0.4) is 0 Å². The van der Waals surface area contributed by atoms with Crippen molar-refractivity contribution < 1.29 is 45.9 Å². The zero-order valence-corrected chi connectivity index (χ0v) is 29.7. The molecule has 4 unspecified atom stereocenters. The molecule has 0 saturated heterocycles. The number of carboxylic acids is 1. The number of rotatable bonds is 15. The zero-order chi connectivity index (χ0) is 37.6. The van der Waals surface area contributed by atoms with Crippen LogP contribution in [0.15, 0.2) is 53.4 Å². The van der Waals surface area contributed by atoms with Crippen molar-refractivity contribution in [3.63, 3.8) is 0 Å². The highest BCUT2D eigenvalue weighted by atomic mass is 32.2. The van der Waals surface area contributed by atoms with E-state index in [4.69, 9.17) is 9.90 Å². The number of amides is 3. The Labute approximate surface area is 291 Å². The molecule has 2 aromatic rings. The molecule has 0 bridgehead atoms. The van der Waals surface area contributed by atoms with Gasteiger partial charge in [0, 0.05) is 6.54 Å². The van der Waals surface area contributed by atoms with E-state index in [1.165, 1.54) is 5.56 Å². The lowest BCUT2D eigenvalue weighted by atomic mass is 9.87. The number of likely N-dealkylation sites (N-methyl/N-ethyl adjacent to an activating group) is 1. The predicted molar refractivity (Wildman–Crippen MR) is 181 cm³/mol. The van der Waals surface area contributed by atoms with Crippen molar-refractivity contribution in [1.29, 1.82) is 0 Å². The van der Waals surface area contributed by atoms with Crippen LogP contribution in [-0.2, 0) is 35.6 Å². The molecule has 0 aliphatic heterocycles. The van der Waals surface area contributed by atoms with Gasteiger partial charge >= 0.3 is 12.1 Å². The van der Waals surface area contributed by atoms with Crippen LogP contribution in [0.4, 0.5) is 13.2 Å². The molecule has 278 valence electrons. The van der Waals surface area contributed by atoms with E-state index in [0.717, 1.165) is 30.4 Å². The summed E-state index contributed by atoms with van der Waals surface area (Å²) < 4.78 is 59.6. The number of hydrogen-bond donors (Lipinski definition) is 6. The Hall–Kier alpha value is -4.02. The molecule has 6 N–H and O–H groups in total. The van der Waals surface area contributed by atoms with Gasteiger partial charge in [-0.1, -0.05) is 55.8 Å². The Morgan fingerprint density at radius 2 is 1.54 bits per heavy atom. The van der Waals surface area contributed by atoms with Crippen molar-refractivity contribution >= 4 is 33.7 Å². The third-order valence-electron chi connectivity index (χ3n) is 8.18. The number of alkyl halides is 3. The molecule has 3 amide bonds. The summed E-state index contributed by atoms with van der Waals surface area (Å²) in [7, 11) is -1.98. The fraction of sp³-hybridized carbons (Fsp3) is 0.529. The Bertz CT molecular complexity index is 1550. The molecule has 3 rings (SSSR count). The SMILES string of the molecule is CNC(C)C(=O)NC(C(=O)NC(CCCCNS(=O)(=O)c1ccc(C)cc1)C(=O)NC1CCCc2ccccc21)C(C)C.O=C(O)C(F)(F)F. The number of aryl methyl sites for hydroxylation is 2. The summed E-state index contributed by atoms with van der Waals surface area (Å²) in [5, 5.41) is 18.8. The van der Waals surface area contributed by atoms with Gasteiger partial charge in [0.05, 0.1) is 17.0 Å². The maximum absolute atomic E-state index is 13.6. The van der Waals surface area contributed by atoms with E-state index in [2.05, 4.69) is 32.1 Å². The lowest BCUT2D eigenvalue weighted by Gasteiger charge is -2.30. The topological polar surface area (TPSA) is 183 Å². The monoisotopic (exact) mass is 727 g/mol. The molecule has 0 spiro atoms. The van der Waals surface area contributed by atoms with Crippen LogP contribution in [0.2, 0.25) is 0 Å². The normalized spacial score (nSPS) is 16.1. The molecule has 1 aliphatic carbocycles. The first-order valence-corrected chi connectivity index (χ1v) is 17.9. The minimum Gasteiger partial charge on any atom is -0.475 e. The summed E-state index contributed by atoms with van der Waals surface area (Å²) in [5.74, 6) is -4.01. The van der Waals surface area contributed by atoms with E-state index in [1.807, 2.05) is 39.0 Å². The molecule has 0 aromatic heterocycles. The second-order valence-corrected chi connectivity index (χ2v) is 14.2. The number of sulfonamides is 1. The van der Waals surface area contributed by atoms with E-state index in [0.29, 0.717) is 19.3 Å². The second kappa shape index (κ2) is 19.4. The summed E-state index contributed by atoms with van der Waals surface area (Å²) >= 11 is 0. The lowest BCUT2D eigenvalue weighted by Crippen LogP contribution is -2.57. The first-order valence-electron chi connectivity index (χ1n) is 16.4. The Morgan fingerprint density at radius 3 is 2.12 bits per heavy atom. The summed E-state index contributed by atoms with van der Waals surface area (Å²) in [6, 6.07) is 12.4. The van der Waals surface area contributed by atoms with Crippen LogP contribution in [0.1, 0.15) is 75.6 Å². The third-order valence-corrected chi connectivity index (χ3v) is 9.65. The largest absolute Gasteiger partial charge is 0.490 e. The van der Waals surface area contributed by atoms with Crippen molar-refractivity contribution in [1.82, 2.24) is 26.0 Å². The molecule has 0 heterocycles. The Balaban J connectivity index is 0.00000112. The zero-order valence-electron chi connectivity index (χ0n) is 28.9. The maximum atomic E-state index is 13.6. The van der Waals surface area contributed by atoms with Crippen molar-refractivity contribution in [2.24, 2.45) is 5.92 Å². The number of carboxylic acid groups (broad SMARTS) is 1. The average Bonchev–Trinajstić information content (AvgIpc) is 3.05. The summed E-state index contributed by atoms with van der Waals surface area (Å²) in [6.45, 7) is 7.46. The molecular formula is C34H48F3N5O7S. The van der Waals surface area contributed by atoms with Crippen molar-refractivity contribution in [3.05, 3.63) is 65.2 Å². The van der Waals surface area contributed by atoms with Crippen LogP contribution < -0.4 is 26.0 Å². The van der Waals surface area contributed by atoms with Gasteiger partial charge in [0.2, 0.25) is 27.7 Å². The van der Waals surface area contributed by atoms with Crippen molar-refractivity contribution in [2.45, 2.75) is 101 Å². The van der Waals surface area contributed by atoms with Gasteiger partial charge in [0.1, 0.15) is 12.1 Å². The summed E-state index contributed by atoms with van der Waals surface area (Å²) in [5.41, 5.74) is 3.27. The van der Waals surface area contributed by atoms with Gasteiger partial charge in [-0.15, -0.1) is 0 Å². The van der Waals surface area contributed by atoms with Crippen LogP contribution >= 0.6 is 0 Å². The van der Waals surface area contributed by atoms with Gasteiger partial charge in [-0.3, -0.25) is 14.4 Å². The van der Waals surface area contributed by atoms with Crippen molar-refractivity contribution in [3.8, 4) is 0 Å². The minimum atomic E-state index is -5.08. The van der Waals surface area contributed by atoms with Gasteiger partial charge in [-0.25, -0.2) is 17.9 Å². The van der Waals surface area contributed by atoms with Gasteiger partial charge in [0.15, 0.2) is 0 Å². The van der Waals surface area contributed by atoms with Crippen LogP contribution in [0.5, 0.6) is 0 Å². The maximum Gasteiger partial charge on any atom is 0.490 e. The first kappa shape index (κ1) is 42.1. The second-order valence-electron chi connectivity index (χ2n) is 12.5. The first-order chi connectivity index (χ1) is 23.4. The van der Waals surface area contributed by atoms with E-state index < -0.39 is 46.2 Å². The van der Waals surface area contributed by atoms with Crippen molar-refractivity contribution in [2.75, 3.05) is 13.6 Å². The molecular weight excluding hydrogens is 679 g/mol. The molecule has 0 fully saturated rings. The fourth-order valence-electron chi connectivity index (χ4n) is 5.13.